The largest absolute Gasteiger partial charge is 0.319 e. The molecule has 1 saturated heterocycles. The van der Waals surface area contributed by atoms with Crippen LogP contribution in [0.5, 0.6) is 0 Å². The number of aromatic nitrogens is 3. The summed E-state index contributed by atoms with van der Waals surface area (Å²) in [6.07, 6.45) is 7.47. The van der Waals surface area contributed by atoms with Crippen molar-refractivity contribution >= 4 is 28.2 Å². The molecule has 4 rings (SSSR count). The Morgan fingerprint density at radius 3 is 2.59 bits per heavy atom. The molecule has 0 amide bonds. The Morgan fingerprint density at radius 2 is 1.89 bits per heavy atom. The van der Waals surface area contributed by atoms with E-state index in [1.807, 2.05) is 16.5 Å². The van der Waals surface area contributed by atoms with Crippen molar-refractivity contribution in [2.45, 2.75) is 58.4 Å². The van der Waals surface area contributed by atoms with E-state index in [1.54, 1.807) is 6.20 Å². The van der Waals surface area contributed by atoms with Crippen LogP contribution in [0.25, 0.3) is 16.6 Å². The quantitative estimate of drug-likeness (QED) is 0.690. The van der Waals surface area contributed by atoms with Gasteiger partial charge in [0, 0.05) is 17.5 Å². The summed E-state index contributed by atoms with van der Waals surface area (Å²) in [5.74, 6) is 1.27. The van der Waals surface area contributed by atoms with E-state index in [9.17, 15) is 4.79 Å². The minimum absolute atomic E-state index is 0.0987. The molecule has 3 aromatic rings. The fourth-order valence-electron chi connectivity index (χ4n) is 4.28. The van der Waals surface area contributed by atoms with Gasteiger partial charge in [-0.15, -0.1) is 0 Å². The molecule has 0 spiro atoms. The maximum atomic E-state index is 12.6. The van der Waals surface area contributed by atoms with Crippen molar-refractivity contribution in [3.05, 3.63) is 45.1 Å². The first kappa shape index (κ1) is 18.5. The van der Waals surface area contributed by atoms with Crippen molar-refractivity contribution < 1.29 is 0 Å². The van der Waals surface area contributed by atoms with Gasteiger partial charge in [0.2, 0.25) is 0 Å². The normalized spacial score (nSPS) is 16.0. The third-order valence-electron chi connectivity index (χ3n) is 5.87. The molecule has 144 valence electrons. The molecule has 3 heterocycles. The summed E-state index contributed by atoms with van der Waals surface area (Å²) >= 11 is 6.68. The molecule has 1 aliphatic heterocycles. The highest BCUT2D eigenvalue weighted by Gasteiger charge is 2.19. The van der Waals surface area contributed by atoms with E-state index in [4.69, 9.17) is 11.6 Å². The number of nitrogens with one attached hydrogen (secondary N) is 1. The Hall–Kier alpha value is -1.85. The second-order valence-electron chi connectivity index (χ2n) is 7.60. The standard InChI is InChI=1S/C21H27ClN4O/c1-3-14(4-2)20-23-12-19-21(27)24-17-10-15(13-25-8-6-5-7-9-25)16(22)11-18(17)26(19)20/h10-12,14H,3-9,13H2,1-2H3,(H,24,27). The maximum absolute atomic E-state index is 12.6. The lowest BCUT2D eigenvalue weighted by Gasteiger charge is -2.27. The zero-order chi connectivity index (χ0) is 19.0. The van der Waals surface area contributed by atoms with Crippen molar-refractivity contribution in [2.24, 2.45) is 0 Å². The number of likely N-dealkylation sites (tertiary alicyclic amines) is 1. The summed E-state index contributed by atoms with van der Waals surface area (Å²) in [4.78, 5) is 22.7. The van der Waals surface area contributed by atoms with Crippen LogP contribution in [0, 0.1) is 0 Å². The Kier molecular flexibility index (Phi) is 5.24. The van der Waals surface area contributed by atoms with Crippen molar-refractivity contribution in [3.8, 4) is 0 Å². The second kappa shape index (κ2) is 7.64. The average Bonchev–Trinajstić information content (AvgIpc) is 3.11. The molecule has 0 atom stereocenters. The van der Waals surface area contributed by atoms with Gasteiger partial charge < -0.3 is 4.98 Å². The van der Waals surface area contributed by atoms with Crippen LogP contribution in [0.4, 0.5) is 0 Å². The monoisotopic (exact) mass is 386 g/mol. The van der Waals surface area contributed by atoms with Crippen molar-refractivity contribution in [2.75, 3.05) is 13.1 Å². The van der Waals surface area contributed by atoms with E-state index in [0.29, 0.717) is 11.4 Å². The Morgan fingerprint density at radius 1 is 1.15 bits per heavy atom. The molecular weight excluding hydrogens is 360 g/mol. The molecule has 0 aliphatic carbocycles. The third-order valence-corrected chi connectivity index (χ3v) is 6.22. The van der Waals surface area contributed by atoms with Crippen LogP contribution in [-0.4, -0.2) is 32.4 Å². The molecule has 0 radical (unpaired) electrons. The molecule has 0 unspecified atom stereocenters. The summed E-state index contributed by atoms with van der Waals surface area (Å²) in [6, 6.07) is 4.04. The number of hydrogen-bond acceptors (Lipinski definition) is 3. The van der Waals surface area contributed by atoms with E-state index in [2.05, 4.69) is 28.7 Å². The number of benzene rings is 1. The van der Waals surface area contributed by atoms with E-state index in [-0.39, 0.29) is 5.56 Å². The third kappa shape index (κ3) is 3.39. The van der Waals surface area contributed by atoms with Gasteiger partial charge in [0.1, 0.15) is 11.3 Å². The minimum atomic E-state index is -0.0987. The fraction of sp³-hybridized carbons (Fsp3) is 0.524. The van der Waals surface area contributed by atoms with E-state index >= 15 is 0 Å². The first-order valence-corrected chi connectivity index (χ1v) is 10.4. The van der Waals surface area contributed by atoms with Crippen LogP contribution in [-0.2, 0) is 6.54 Å². The van der Waals surface area contributed by atoms with Crippen LogP contribution in [0.1, 0.15) is 63.3 Å². The lowest BCUT2D eigenvalue weighted by Crippen LogP contribution is -2.29. The first-order valence-electron chi connectivity index (χ1n) is 10.1. The van der Waals surface area contributed by atoms with Crippen LogP contribution < -0.4 is 5.56 Å². The Balaban J connectivity index is 1.85. The van der Waals surface area contributed by atoms with Crippen LogP contribution in [0.2, 0.25) is 5.02 Å². The molecule has 0 saturated carbocycles. The molecule has 5 nitrogen and oxygen atoms in total. The second-order valence-corrected chi connectivity index (χ2v) is 8.01. The molecular formula is C21H27ClN4O. The molecule has 27 heavy (non-hydrogen) atoms. The number of rotatable bonds is 5. The summed E-state index contributed by atoms with van der Waals surface area (Å²) in [5, 5.41) is 0.755. The highest BCUT2D eigenvalue weighted by Crippen LogP contribution is 2.29. The lowest BCUT2D eigenvalue weighted by molar-refractivity contribution is 0.221. The van der Waals surface area contributed by atoms with Gasteiger partial charge in [0.05, 0.1) is 17.2 Å². The molecule has 0 bridgehead atoms. The number of hydrogen-bond donors (Lipinski definition) is 1. The van der Waals surface area contributed by atoms with Crippen LogP contribution in [0.3, 0.4) is 0 Å². The number of halogens is 1. The summed E-state index contributed by atoms with van der Waals surface area (Å²) < 4.78 is 2.00. The predicted octanol–water partition coefficient (Wildman–Crippen LogP) is 4.72. The van der Waals surface area contributed by atoms with E-state index < -0.39 is 0 Å². The Labute approximate surface area is 164 Å². The molecule has 1 fully saturated rings. The van der Waals surface area contributed by atoms with Crippen LogP contribution >= 0.6 is 11.6 Å². The summed E-state index contributed by atoms with van der Waals surface area (Å²) in [5.41, 5.74) is 3.32. The first-order chi connectivity index (χ1) is 13.1. The SMILES string of the molecule is CCC(CC)c1ncc2c(=O)[nH]c3cc(CN4CCCCC4)c(Cl)cc3n12. The van der Waals surface area contributed by atoms with Gasteiger partial charge in [0.25, 0.3) is 5.56 Å². The summed E-state index contributed by atoms with van der Waals surface area (Å²) in [6.45, 7) is 7.38. The Bertz CT molecular complexity index is 1010. The minimum Gasteiger partial charge on any atom is -0.319 e. The average molecular weight is 387 g/mol. The number of imidazole rings is 1. The van der Waals surface area contributed by atoms with E-state index in [1.165, 1.54) is 19.3 Å². The smallest absolute Gasteiger partial charge is 0.274 e. The zero-order valence-corrected chi connectivity index (χ0v) is 16.9. The predicted molar refractivity (Wildman–Crippen MR) is 111 cm³/mol. The number of piperidine rings is 1. The van der Waals surface area contributed by atoms with Crippen molar-refractivity contribution in [1.29, 1.82) is 0 Å². The molecule has 1 aliphatic rings. The number of H-pyrrole nitrogens is 1. The van der Waals surface area contributed by atoms with Gasteiger partial charge >= 0.3 is 0 Å². The van der Waals surface area contributed by atoms with Crippen molar-refractivity contribution in [1.82, 2.24) is 19.3 Å². The fourth-order valence-corrected chi connectivity index (χ4v) is 4.50. The molecule has 2 aromatic heterocycles. The van der Waals surface area contributed by atoms with Crippen molar-refractivity contribution in [3.63, 3.8) is 0 Å². The van der Waals surface area contributed by atoms with Gasteiger partial charge in [-0.2, -0.15) is 0 Å². The van der Waals surface area contributed by atoms with Crippen LogP contribution in [0.15, 0.2) is 23.1 Å². The summed E-state index contributed by atoms with van der Waals surface area (Å²) in [7, 11) is 0. The lowest BCUT2D eigenvalue weighted by atomic mass is 10.0. The van der Waals surface area contributed by atoms with E-state index in [0.717, 1.165) is 59.9 Å². The topological polar surface area (TPSA) is 53.4 Å². The number of aromatic amines is 1. The van der Waals surface area contributed by atoms with Gasteiger partial charge in [-0.1, -0.05) is 31.9 Å². The zero-order valence-electron chi connectivity index (χ0n) is 16.1. The molecule has 1 aromatic carbocycles. The highest BCUT2D eigenvalue weighted by molar-refractivity contribution is 6.32. The van der Waals surface area contributed by atoms with Gasteiger partial charge in [-0.05, 0) is 56.5 Å². The highest BCUT2D eigenvalue weighted by atomic mass is 35.5. The number of nitrogens with zero attached hydrogens (tertiary/aromatic N) is 3. The van der Waals surface area contributed by atoms with Gasteiger partial charge in [-0.3, -0.25) is 14.1 Å². The van der Waals surface area contributed by atoms with Gasteiger partial charge in [0.15, 0.2) is 0 Å². The maximum Gasteiger partial charge on any atom is 0.274 e. The molecule has 6 heteroatoms. The number of fused-ring (bicyclic) bond motifs is 3. The molecule has 1 N–H and O–H groups in total. The van der Waals surface area contributed by atoms with Gasteiger partial charge in [-0.25, -0.2) is 4.98 Å².